The van der Waals surface area contributed by atoms with E-state index in [0.717, 1.165) is 0 Å². The van der Waals surface area contributed by atoms with Crippen LogP contribution in [0.1, 0.15) is 33.1 Å². The molecular formula is C13H22N4O. The maximum Gasteiger partial charge on any atom is 0.215 e. The first-order valence-electron chi connectivity index (χ1n) is 6.47. The van der Waals surface area contributed by atoms with Gasteiger partial charge < -0.3 is 15.9 Å². The van der Waals surface area contributed by atoms with E-state index in [1.54, 1.807) is 13.2 Å². The number of ether oxygens (including phenoxy) is 1. The predicted octanol–water partition coefficient (Wildman–Crippen LogP) is 2.26. The van der Waals surface area contributed by atoms with Gasteiger partial charge in [0, 0.05) is 18.2 Å². The third-order valence-corrected chi connectivity index (χ3v) is 3.54. The van der Waals surface area contributed by atoms with Gasteiger partial charge in [0.1, 0.15) is 0 Å². The SMILES string of the molecule is COc1ccc(N)c(NN2C(C)CCCC2C)n1. The van der Waals surface area contributed by atoms with Gasteiger partial charge in [-0.3, -0.25) is 0 Å². The summed E-state index contributed by atoms with van der Waals surface area (Å²) in [5.74, 6) is 1.25. The van der Waals surface area contributed by atoms with Gasteiger partial charge in [0.25, 0.3) is 0 Å². The number of nitrogens with one attached hydrogen (secondary N) is 1. The second-order valence-electron chi connectivity index (χ2n) is 4.94. The van der Waals surface area contributed by atoms with E-state index < -0.39 is 0 Å². The van der Waals surface area contributed by atoms with E-state index >= 15 is 0 Å². The molecule has 1 saturated heterocycles. The van der Waals surface area contributed by atoms with Crippen molar-refractivity contribution in [2.45, 2.75) is 45.2 Å². The van der Waals surface area contributed by atoms with E-state index in [1.807, 2.05) is 6.07 Å². The average Bonchev–Trinajstić information content (AvgIpc) is 2.36. The minimum atomic E-state index is 0.487. The molecule has 1 fully saturated rings. The molecule has 1 aromatic heterocycles. The zero-order valence-electron chi connectivity index (χ0n) is 11.3. The number of hydrogen-bond acceptors (Lipinski definition) is 5. The number of nitrogen functional groups attached to an aromatic ring is 1. The number of hydrogen-bond donors (Lipinski definition) is 2. The van der Waals surface area contributed by atoms with E-state index in [4.69, 9.17) is 10.5 Å². The highest BCUT2D eigenvalue weighted by Gasteiger charge is 2.25. The van der Waals surface area contributed by atoms with Crippen molar-refractivity contribution < 1.29 is 4.74 Å². The molecule has 0 saturated carbocycles. The molecule has 18 heavy (non-hydrogen) atoms. The van der Waals surface area contributed by atoms with Crippen LogP contribution in [0, 0.1) is 0 Å². The van der Waals surface area contributed by atoms with Crippen molar-refractivity contribution in [2.24, 2.45) is 0 Å². The molecule has 2 atom stereocenters. The highest BCUT2D eigenvalue weighted by atomic mass is 16.5. The average molecular weight is 250 g/mol. The lowest BCUT2D eigenvalue weighted by Crippen LogP contribution is -2.47. The fourth-order valence-electron chi connectivity index (χ4n) is 2.42. The molecule has 100 valence electrons. The molecule has 0 radical (unpaired) electrons. The van der Waals surface area contributed by atoms with Crippen LogP contribution in [0.3, 0.4) is 0 Å². The Kier molecular flexibility index (Phi) is 3.91. The van der Waals surface area contributed by atoms with Crippen LogP contribution in [0.15, 0.2) is 12.1 Å². The minimum Gasteiger partial charge on any atom is -0.481 e. The molecular weight excluding hydrogens is 228 g/mol. The standard InChI is InChI=1S/C13H22N4O/c1-9-5-4-6-10(2)17(9)16-13-11(14)7-8-12(15-13)18-3/h7-10H,4-6,14H2,1-3H3,(H,15,16). The van der Waals surface area contributed by atoms with Gasteiger partial charge in [-0.25, -0.2) is 5.01 Å². The number of anilines is 2. The van der Waals surface area contributed by atoms with Gasteiger partial charge in [-0.15, -0.1) is 0 Å². The topological polar surface area (TPSA) is 63.4 Å². The van der Waals surface area contributed by atoms with Crippen molar-refractivity contribution in [3.63, 3.8) is 0 Å². The van der Waals surface area contributed by atoms with Crippen LogP contribution in [0.5, 0.6) is 5.88 Å². The first-order valence-corrected chi connectivity index (χ1v) is 6.47. The summed E-state index contributed by atoms with van der Waals surface area (Å²) in [6.07, 6.45) is 3.67. The summed E-state index contributed by atoms with van der Waals surface area (Å²) in [5.41, 5.74) is 9.93. The lowest BCUT2D eigenvalue weighted by atomic mass is 10.00. The summed E-state index contributed by atoms with van der Waals surface area (Å²) in [5, 5.41) is 2.24. The van der Waals surface area contributed by atoms with E-state index in [2.05, 4.69) is 29.3 Å². The normalized spacial score (nSPS) is 24.8. The summed E-state index contributed by atoms with van der Waals surface area (Å²) >= 11 is 0. The number of nitrogens with zero attached hydrogens (tertiary/aromatic N) is 2. The number of methoxy groups -OCH3 is 1. The van der Waals surface area contributed by atoms with Crippen molar-refractivity contribution in [1.82, 2.24) is 9.99 Å². The van der Waals surface area contributed by atoms with Crippen molar-refractivity contribution in [1.29, 1.82) is 0 Å². The molecule has 0 spiro atoms. The van der Waals surface area contributed by atoms with Gasteiger partial charge in [-0.2, -0.15) is 4.98 Å². The Balaban J connectivity index is 2.16. The van der Waals surface area contributed by atoms with Gasteiger partial charge in [-0.1, -0.05) is 6.42 Å². The smallest absolute Gasteiger partial charge is 0.215 e. The van der Waals surface area contributed by atoms with E-state index in [1.165, 1.54) is 19.3 Å². The summed E-state index contributed by atoms with van der Waals surface area (Å²) < 4.78 is 5.13. The second kappa shape index (κ2) is 5.44. The summed E-state index contributed by atoms with van der Waals surface area (Å²) in [6, 6.07) is 4.55. The second-order valence-corrected chi connectivity index (χ2v) is 4.94. The quantitative estimate of drug-likeness (QED) is 0.861. The van der Waals surface area contributed by atoms with Crippen molar-refractivity contribution in [3.05, 3.63) is 12.1 Å². The molecule has 1 aliphatic heterocycles. The fourth-order valence-corrected chi connectivity index (χ4v) is 2.42. The van der Waals surface area contributed by atoms with Crippen molar-refractivity contribution in [2.75, 3.05) is 18.3 Å². The Bertz CT molecular complexity index is 400. The summed E-state index contributed by atoms with van der Waals surface area (Å²) in [6.45, 7) is 4.44. The first kappa shape index (κ1) is 13.0. The van der Waals surface area contributed by atoms with Crippen LogP contribution in [0.4, 0.5) is 11.5 Å². The molecule has 5 heteroatoms. The molecule has 1 aromatic rings. The highest BCUT2D eigenvalue weighted by molar-refractivity contribution is 5.61. The maximum atomic E-state index is 5.94. The molecule has 0 aromatic carbocycles. The van der Waals surface area contributed by atoms with Crippen LogP contribution in [-0.2, 0) is 0 Å². The summed E-state index contributed by atoms with van der Waals surface area (Å²) in [7, 11) is 1.61. The molecule has 5 nitrogen and oxygen atoms in total. The maximum absolute atomic E-state index is 5.94. The third kappa shape index (κ3) is 2.67. The molecule has 1 aliphatic rings. The Hall–Kier alpha value is -1.49. The van der Waals surface area contributed by atoms with Gasteiger partial charge in [0.15, 0.2) is 5.82 Å². The van der Waals surface area contributed by atoms with Gasteiger partial charge in [-0.05, 0) is 32.8 Å². The zero-order chi connectivity index (χ0) is 13.1. The Morgan fingerprint density at radius 3 is 2.61 bits per heavy atom. The largest absolute Gasteiger partial charge is 0.481 e. The van der Waals surface area contributed by atoms with Crippen LogP contribution in [-0.4, -0.2) is 29.2 Å². The third-order valence-electron chi connectivity index (χ3n) is 3.54. The number of pyridine rings is 1. The van der Waals surface area contributed by atoms with Crippen LogP contribution in [0.2, 0.25) is 0 Å². The molecule has 0 aliphatic carbocycles. The van der Waals surface area contributed by atoms with E-state index in [0.29, 0.717) is 29.5 Å². The molecule has 2 rings (SSSR count). The fraction of sp³-hybridized carbons (Fsp3) is 0.615. The molecule has 0 bridgehead atoms. The van der Waals surface area contributed by atoms with Gasteiger partial charge in [0.2, 0.25) is 5.88 Å². The van der Waals surface area contributed by atoms with Crippen LogP contribution in [0.25, 0.3) is 0 Å². The van der Waals surface area contributed by atoms with Crippen LogP contribution >= 0.6 is 0 Å². The Morgan fingerprint density at radius 1 is 1.33 bits per heavy atom. The minimum absolute atomic E-state index is 0.487. The molecule has 2 unspecified atom stereocenters. The molecule has 3 N–H and O–H groups in total. The number of piperidine rings is 1. The first-order chi connectivity index (χ1) is 8.61. The number of hydrazine groups is 1. The zero-order valence-corrected chi connectivity index (χ0v) is 11.3. The lowest BCUT2D eigenvalue weighted by molar-refractivity contribution is 0.135. The number of nitrogens with two attached hydrogens (primary N) is 1. The monoisotopic (exact) mass is 250 g/mol. The number of rotatable bonds is 3. The van der Waals surface area contributed by atoms with Crippen molar-refractivity contribution in [3.8, 4) is 5.88 Å². The molecule has 0 amide bonds. The Labute approximate surface area is 108 Å². The lowest BCUT2D eigenvalue weighted by Gasteiger charge is -2.39. The van der Waals surface area contributed by atoms with Crippen LogP contribution < -0.4 is 15.9 Å². The van der Waals surface area contributed by atoms with Crippen molar-refractivity contribution >= 4 is 11.5 Å². The number of aromatic nitrogens is 1. The molecule has 2 heterocycles. The van der Waals surface area contributed by atoms with E-state index in [-0.39, 0.29) is 0 Å². The predicted molar refractivity (Wildman–Crippen MR) is 73.4 cm³/mol. The Morgan fingerprint density at radius 2 is 2.00 bits per heavy atom. The summed E-state index contributed by atoms with van der Waals surface area (Å²) in [4.78, 5) is 4.35. The highest BCUT2D eigenvalue weighted by Crippen LogP contribution is 2.26. The van der Waals surface area contributed by atoms with Gasteiger partial charge in [0.05, 0.1) is 12.8 Å². The van der Waals surface area contributed by atoms with Gasteiger partial charge >= 0.3 is 0 Å². The van der Waals surface area contributed by atoms with E-state index in [9.17, 15) is 0 Å².